The van der Waals surface area contributed by atoms with Crippen LogP contribution in [0.5, 0.6) is 0 Å². The van der Waals surface area contributed by atoms with Gasteiger partial charge in [-0.25, -0.2) is 0 Å². The second-order valence-electron chi connectivity index (χ2n) is 6.71. The van der Waals surface area contributed by atoms with Gasteiger partial charge in [-0.05, 0) is 55.0 Å². The normalized spacial score (nSPS) is 16.9. The molecule has 2 aromatic carbocycles. The van der Waals surface area contributed by atoms with Crippen LogP contribution in [0.25, 0.3) is 0 Å². The highest BCUT2D eigenvalue weighted by molar-refractivity contribution is 6.42. The molecule has 0 radical (unpaired) electrons. The van der Waals surface area contributed by atoms with Crippen molar-refractivity contribution in [1.82, 2.24) is 5.32 Å². The maximum Gasteiger partial charge on any atom is 0.311 e. The van der Waals surface area contributed by atoms with Gasteiger partial charge in [0.15, 0.2) is 6.10 Å². The van der Waals surface area contributed by atoms with Crippen LogP contribution < -0.4 is 5.32 Å². The minimum Gasteiger partial charge on any atom is -0.452 e. The fraction of sp³-hybridized carbons (Fsp3) is 0.333. The van der Waals surface area contributed by atoms with E-state index < -0.39 is 12.1 Å². The zero-order chi connectivity index (χ0) is 19.4. The van der Waals surface area contributed by atoms with Crippen LogP contribution in [0.4, 0.5) is 0 Å². The molecule has 0 saturated carbocycles. The second-order valence-corrected chi connectivity index (χ2v) is 7.52. The summed E-state index contributed by atoms with van der Waals surface area (Å²) in [5.74, 6) is -0.778. The molecule has 0 aliphatic heterocycles. The number of aryl methyl sites for hydroxylation is 1. The van der Waals surface area contributed by atoms with E-state index in [1.54, 1.807) is 25.1 Å². The first-order valence-electron chi connectivity index (χ1n) is 8.95. The van der Waals surface area contributed by atoms with Crippen molar-refractivity contribution in [3.05, 3.63) is 69.2 Å². The topological polar surface area (TPSA) is 55.4 Å². The molecule has 0 bridgehead atoms. The highest BCUT2D eigenvalue weighted by Crippen LogP contribution is 2.29. The number of fused-ring (bicyclic) bond motifs is 1. The molecule has 27 heavy (non-hydrogen) atoms. The van der Waals surface area contributed by atoms with Gasteiger partial charge in [0.25, 0.3) is 5.91 Å². The number of carbonyl (C=O) groups excluding carboxylic acids is 2. The van der Waals surface area contributed by atoms with Crippen molar-refractivity contribution in [2.24, 2.45) is 0 Å². The van der Waals surface area contributed by atoms with Crippen LogP contribution in [-0.2, 0) is 27.2 Å². The van der Waals surface area contributed by atoms with Crippen LogP contribution in [0, 0.1) is 0 Å². The molecule has 0 aromatic heterocycles. The molecule has 2 atom stereocenters. The molecule has 1 N–H and O–H groups in total. The smallest absolute Gasteiger partial charge is 0.311 e. The molecular weight excluding hydrogens is 385 g/mol. The number of nitrogens with one attached hydrogen (secondary N) is 1. The Morgan fingerprint density at radius 2 is 1.96 bits per heavy atom. The molecule has 1 aliphatic carbocycles. The van der Waals surface area contributed by atoms with E-state index in [4.69, 9.17) is 27.9 Å². The lowest BCUT2D eigenvalue weighted by atomic mass is 9.87. The first-order valence-corrected chi connectivity index (χ1v) is 9.71. The number of hydrogen-bond donors (Lipinski definition) is 1. The van der Waals surface area contributed by atoms with Crippen molar-refractivity contribution < 1.29 is 14.3 Å². The van der Waals surface area contributed by atoms with E-state index in [1.807, 2.05) is 18.2 Å². The Balaban J connectivity index is 1.56. The molecule has 1 amide bonds. The van der Waals surface area contributed by atoms with E-state index in [0.29, 0.717) is 15.6 Å². The number of rotatable bonds is 5. The van der Waals surface area contributed by atoms with Crippen molar-refractivity contribution in [1.29, 1.82) is 0 Å². The molecule has 0 spiro atoms. The summed E-state index contributed by atoms with van der Waals surface area (Å²) >= 11 is 11.8. The van der Waals surface area contributed by atoms with Gasteiger partial charge in [0.1, 0.15) is 0 Å². The second kappa shape index (κ2) is 8.77. The predicted molar refractivity (Wildman–Crippen MR) is 106 cm³/mol. The third kappa shape index (κ3) is 5.02. The standard InChI is InChI=1S/C21H21Cl2NO3/c1-13(27-20(25)12-14-9-10-17(22)18(23)11-14)21(26)24-19-8-4-6-15-5-2-3-7-16(15)19/h2-3,5,7,9-11,13,19H,4,6,8,12H2,1H3,(H,24,26)/t13-,19-/m1/s1. The molecule has 2 aromatic rings. The molecule has 3 rings (SSSR count). The Labute approximate surface area is 168 Å². The summed E-state index contributed by atoms with van der Waals surface area (Å²) in [6.07, 6.45) is 2.09. The zero-order valence-corrected chi connectivity index (χ0v) is 16.5. The van der Waals surface area contributed by atoms with E-state index in [2.05, 4.69) is 11.4 Å². The SMILES string of the molecule is C[C@@H](OC(=O)Cc1ccc(Cl)c(Cl)c1)C(=O)N[C@@H]1CCCc2ccccc21. The maximum absolute atomic E-state index is 12.5. The molecule has 4 nitrogen and oxygen atoms in total. The molecule has 0 fully saturated rings. The van der Waals surface area contributed by atoms with Gasteiger partial charge in [-0.15, -0.1) is 0 Å². The summed E-state index contributed by atoms with van der Waals surface area (Å²) in [6, 6.07) is 13.0. The monoisotopic (exact) mass is 405 g/mol. The number of halogens is 2. The predicted octanol–water partition coefficient (Wildman–Crippen LogP) is 4.66. The van der Waals surface area contributed by atoms with E-state index in [0.717, 1.165) is 24.8 Å². The van der Waals surface area contributed by atoms with Crippen molar-refractivity contribution in [3.63, 3.8) is 0 Å². The van der Waals surface area contributed by atoms with Gasteiger partial charge in [-0.1, -0.05) is 53.5 Å². The number of esters is 1. The van der Waals surface area contributed by atoms with Crippen molar-refractivity contribution in [2.75, 3.05) is 0 Å². The Bertz CT molecular complexity index is 853. The van der Waals surface area contributed by atoms with Gasteiger partial charge in [-0.3, -0.25) is 9.59 Å². The summed E-state index contributed by atoms with van der Waals surface area (Å²) < 4.78 is 5.29. The number of benzene rings is 2. The minimum atomic E-state index is -0.866. The van der Waals surface area contributed by atoms with Crippen LogP contribution in [0.2, 0.25) is 10.0 Å². The van der Waals surface area contributed by atoms with Crippen molar-refractivity contribution >= 4 is 35.1 Å². The van der Waals surface area contributed by atoms with Gasteiger partial charge in [0, 0.05) is 0 Å². The largest absolute Gasteiger partial charge is 0.452 e. The summed E-state index contributed by atoms with van der Waals surface area (Å²) in [5, 5.41) is 3.81. The number of amides is 1. The summed E-state index contributed by atoms with van der Waals surface area (Å²) in [5.41, 5.74) is 3.09. The number of carbonyl (C=O) groups is 2. The van der Waals surface area contributed by atoms with E-state index >= 15 is 0 Å². The van der Waals surface area contributed by atoms with Crippen LogP contribution in [0.3, 0.4) is 0 Å². The molecule has 6 heteroatoms. The molecule has 0 unspecified atom stereocenters. The van der Waals surface area contributed by atoms with Crippen LogP contribution in [0.15, 0.2) is 42.5 Å². The lowest BCUT2D eigenvalue weighted by Crippen LogP contribution is -2.39. The van der Waals surface area contributed by atoms with E-state index in [1.165, 1.54) is 5.56 Å². The minimum absolute atomic E-state index is 0.0285. The van der Waals surface area contributed by atoms with Gasteiger partial charge < -0.3 is 10.1 Å². The summed E-state index contributed by atoms with van der Waals surface area (Å²) in [6.45, 7) is 1.58. The van der Waals surface area contributed by atoms with E-state index in [9.17, 15) is 9.59 Å². The zero-order valence-electron chi connectivity index (χ0n) is 15.0. The third-order valence-electron chi connectivity index (χ3n) is 4.70. The van der Waals surface area contributed by atoms with E-state index in [-0.39, 0.29) is 18.4 Å². The van der Waals surface area contributed by atoms with Crippen molar-refractivity contribution in [2.45, 2.75) is 44.8 Å². The first kappa shape index (κ1) is 19.7. The van der Waals surface area contributed by atoms with Gasteiger partial charge in [0.05, 0.1) is 22.5 Å². The number of ether oxygens (including phenoxy) is 1. The molecule has 142 valence electrons. The van der Waals surface area contributed by atoms with Crippen LogP contribution in [-0.4, -0.2) is 18.0 Å². The average Bonchev–Trinajstić information content (AvgIpc) is 2.65. The number of hydrogen-bond acceptors (Lipinski definition) is 3. The van der Waals surface area contributed by atoms with Gasteiger partial charge in [0.2, 0.25) is 0 Å². The third-order valence-corrected chi connectivity index (χ3v) is 5.43. The van der Waals surface area contributed by atoms with Crippen LogP contribution in [0.1, 0.15) is 42.5 Å². The molecular formula is C21H21Cl2NO3. The lowest BCUT2D eigenvalue weighted by molar-refractivity contribution is -0.154. The average molecular weight is 406 g/mol. The lowest BCUT2D eigenvalue weighted by Gasteiger charge is -2.27. The maximum atomic E-state index is 12.5. The molecule has 1 aliphatic rings. The Morgan fingerprint density at radius 1 is 1.19 bits per heavy atom. The highest BCUT2D eigenvalue weighted by Gasteiger charge is 2.25. The Hall–Kier alpha value is -2.04. The molecule has 0 heterocycles. The van der Waals surface area contributed by atoms with Gasteiger partial charge in [-0.2, -0.15) is 0 Å². The van der Waals surface area contributed by atoms with Crippen molar-refractivity contribution in [3.8, 4) is 0 Å². The first-order chi connectivity index (χ1) is 12.9. The highest BCUT2D eigenvalue weighted by atomic mass is 35.5. The van der Waals surface area contributed by atoms with Crippen LogP contribution >= 0.6 is 23.2 Å². The Morgan fingerprint density at radius 3 is 2.74 bits per heavy atom. The quantitative estimate of drug-likeness (QED) is 0.735. The Kier molecular flexibility index (Phi) is 6.40. The van der Waals surface area contributed by atoms with Gasteiger partial charge >= 0.3 is 5.97 Å². The molecule has 0 saturated heterocycles. The fourth-order valence-corrected chi connectivity index (χ4v) is 3.62. The summed E-state index contributed by atoms with van der Waals surface area (Å²) in [4.78, 5) is 24.6. The summed E-state index contributed by atoms with van der Waals surface area (Å²) in [7, 11) is 0. The fourth-order valence-electron chi connectivity index (χ4n) is 3.30.